The lowest BCUT2D eigenvalue weighted by Crippen LogP contribution is -2.39. The number of hydrogen-bond acceptors (Lipinski definition) is 3. The Bertz CT molecular complexity index is 821. The molecule has 158 valence electrons. The van der Waals surface area contributed by atoms with Gasteiger partial charge in [0.1, 0.15) is 17.2 Å². The summed E-state index contributed by atoms with van der Waals surface area (Å²) in [6.07, 6.45) is -0.572. The van der Waals surface area contributed by atoms with Crippen molar-refractivity contribution >= 4 is 6.09 Å². The zero-order chi connectivity index (χ0) is 21.8. The van der Waals surface area contributed by atoms with Gasteiger partial charge in [0.05, 0.1) is 13.7 Å². The molecule has 2 aromatic carbocycles. The Kier molecular flexibility index (Phi) is 7.36. The second-order valence-corrected chi connectivity index (χ2v) is 8.13. The van der Waals surface area contributed by atoms with Gasteiger partial charge < -0.3 is 4.74 Å². The summed E-state index contributed by atoms with van der Waals surface area (Å²) in [7, 11) is 1.37. The Labute approximate surface area is 171 Å². The van der Waals surface area contributed by atoms with Crippen molar-refractivity contribution in [3.8, 4) is 0 Å². The van der Waals surface area contributed by atoms with Crippen LogP contribution in [0.2, 0.25) is 0 Å². The molecule has 0 heterocycles. The Morgan fingerprint density at radius 2 is 1.55 bits per heavy atom. The molecule has 0 fully saturated rings. The average Bonchev–Trinajstić information content (AvgIpc) is 2.60. The molecule has 1 amide bonds. The molecule has 1 atom stereocenters. The summed E-state index contributed by atoms with van der Waals surface area (Å²) in [6.45, 7) is 9.25. The van der Waals surface area contributed by atoms with Crippen LogP contribution < -0.4 is 0 Å². The number of rotatable bonds is 6. The number of carbonyl (C=O) groups excluding carboxylic acids is 1. The number of benzene rings is 2. The lowest BCUT2D eigenvalue weighted by atomic mass is 9.86. The van der Waals surface area contributed by atoms with E-state index < -0.39 is 29.2 Å². The summed E-state index contributed by atoms with van der Waals surface area (Å²) in [5.74, 6) is -1.61. The SMILES string of the molecule is CON(CC(Cc1c(F)cccc1F)c1c(C)cccc1C)C(=O)OC(C)(C)C. The maximum absolute atomic E-state index is 14.4. The van der Waals surface area contributed by atoms with Crippen LogP contribution in [0.1, 0.15) is 48.9 Å². The number of ether oxygens (including phenoxy) is 1. The standard InChI is InChI=1S/C23H29F2NO3/c1-15-9-7-10-16(2)21(15)17(13-18-19(24)11-8-12-20(18)25)14-26(28-6)22(27)29-23(3,4)5/h7-12,17H,13-14H2,1-6H3. The first-order chi connectivity index (χ1) is 13.5. The number of hydrogen-bond donors (Lipinski definition) is 0. The number of aryl methyl sites for hydroxylation is 2. The predicted molar refractivity (Wildman–Crippen MR) is 109 cm³/mol. The number of nitrogens with zero attached hydrogens (tertiary/aromatic N) is 1. The molecule has 0 saturated carbocycles. The van der Waals surface area contributed by atoms with Gasteiger partial charge in [0.2, 0.25) is 0 Å². The Morgan fingerprint density at radius 3 is 2.03 bits per heavy atom. The van der Waals surface area contributed by atoms with Gasteiger partial charge in [-0.2, -0.15) is 5.06 Å². The minimum absolute atomic E-state index is 0.0135. The van der Waals surface area contributed by atoms with Gasteiger partial charge in [0.15, 0.2) is 0 Å². The fraction of sp³-hybridized carbons (Fsp3) is 0.435. The molecule has 6 heteroatoms. The highest BCUT2D eigenvalue weighted by molar-refractivity contribution is 5.67. The van der Waals surface area contributed by atoms with Gasteiger partial charge in [0, 0.05) is 11.5 Å². The van der Waals surface area contributed by atoms with Crippen LogP contribution in [0.3, 0.4) is 0 Å². The smallest absolute Gasteiger partial charge is 0.434 e. The van der Waals surface area contributed by atoms with Gasteiger partial charge in [-0.25, -0.2) is 13.6 Å². The normalized spacial score (nSPS) is 12.6. The number of amides is 1. The molecule has 2 rings (SSSR count). The van der Waals surface area contributed by atoms with E-state index in [0.717, 1.165) is 21.8 Å². The fourth-order valence-electron chi connectivity index (χ4n) is 3.44. The fourth-order valence-corrected chi connectivity index (χ4v) is 3.44. The van der Waals surface area contributed by atoms with Gasteiger partial charge >= 0.3 is 6.09 Å². The van der Waals surface area contributed by atoms with Crippen LogP contribution in [0, 0.1) is 25.5 Å². The first-order valence-electron chi connectivity index (χ1n) is 9.57. The molecule has 0 saturated heterocycles. The topological polar surface area (TPSA) is 38.8 Å². The van der Waals surface area contributed by atoms with Gasteiger partial charge in [-0.15, -0.1) is 0 Å². The highest BCUT2D eigenvalue weighted by Gasteiger charge is 2.28. The van der Waals surface area contributed by atoms with Crippen molar-refractivity contribution < 1.29 is 23.1 Å². The summed E-state index contributed by atoms with van der Waals surface area (Å²) < 4.78 is 34.1. The Morgan fingerprint density at radius 1 is 1.03 bits per heavy atom. The third-order valence-corrected chi connectivity index (χ3v) is 4.67. The second kappa shape index (κ2) is 9.35. The molecule has 29 heavy (non-hydrogen) atoms. The van der Waals surface area contributed by atoms with Crippen molar-refractivity contribution in [1.82, 2.24) is 5.06 Å². The predicted octanol–water partition coefficient (Wildman–Crippen LogP) is 5.71. The van der Waals surface area contributed by atoms with Crippen LogP contribution in [0.25, 0.3) is 0 Å². The van der Waals surface area contributed by atoms with E-state index in [-0.39, 0.29) is 18.5 Å². The molecule has 1 unspecified atom stereocenters. The van der Waals surface area contributed by atoms with Crippen molar-refractivity contribution in [2.75, 3.05) is 13.7 Å². The average molecular weight is 405 g/mol. The molecule has 0 aliphatic heterocycles. The molecular formula is C23H29F2NO3. The zero-order valence-electron chi connectivity index (χ0n) is 17.9. The summed E-state index contributed by atoms with van der Waals surface area (Å²) in [5.41, 5.74) is 2.18. The lowest BCUT2D eigenvalue weighted by Gasteiger charge is -2.30. The first kappa shape index (κ1) is 22.8. The first-order valence-corrected chi connectivity index (χ1v) is 9.57. The van der Waals surface area contributed by atoms with E-state index in [4.69, 9.17) is 9.57 Å². The molecule has 2 aromatic rings. The summed E-state index contributed by atoms with van der Waals surface area (Å²) in [6, 6.07) is 9.63. The van der Waals surface area contributed by atoms with E-state index in [1.807, 2.05) is 32.0 Å². The third kappa shape index (κ3) is 6.00. The molecular weight excluding hydrogens is 376 g/mol. The second-order valence-electron chi connectivity index (χ2n) is 8.13. The molecule has 0 spiro atoms. The maximum atomic E-state index is 14.4. The zero-order valence-corrected chi connectivity index (χ0v) is 17.9. The highest BCUT2D eigenvalue weighted by atomic mass is 19.1. The van der Waals surface area contributed by atoms with Crippen LogP contribution >= 0.6 is 0 Å². The third-order valence-electron chi connectivity index (χ3n) is 4.67. The van der Waals surface area contributed by atoms with Crippen molar-refractivity contribution in [1.29, 1.82) is 0 Å². The van der Waals surface area contributed by atoms with Crippen molar-refractivity contribution in [3.63, 3.8) is 0 Å². The van der Waals surface area contributed by atoms with E-state index in [1.54, 1.807) is 20.8 Å². The number of hydroxylamine groups is 2. The molecule has 0 bridgehead atoms. The summed E-state index contributed by atoms with van der Waals surface area (Å²) in [5, 5.41) is 1.10. The van der Waals surface area contributed by atoms with Crippen LogP contribution in [0.15, 0.2) is 36.4 Å². The van der Waals surface area contributed by atoms with E-state index >= 15 is 0 Å². The molecule has 0 aliphatic carbocycles. The quantitative estimate of drug-likeness (QED) is 0.578. The minimum atomic E-state index is -0.695. The van der Waals surface area contributed by atoms with Crippen molar-refractivity contribution in [2.45, 2.75) is 52.6 Å². The monoisotopic (exact) mass is 405 g/mol. The molecule has 0 N–H and O–H groups in total. The molecule has 0 aliphatic rings. The van der Waals surface area contributed by atoms with E-state index in [1.165, 1.54) is 25.3 Å². The van der Waals surface area contributed by atoms with E-state index in [0.29, 0.717) is 0 Å². The Balaban J connectivity index is 2.43. The van der Waals surface area contributed by atoms with Gasteiger partial charge in [-0.1, -0.05) is 24.3 Å². The lowest BCUT2D eigenvalue weighted by molar-refractivity contribution is -0.126. The number of carbonyl (C=O) groups is 1. The van der Waals surface area contributed by atoms with Gasteiger partial charge in [-0.05, 0) is 69.9 Å². The van der Waals surface area contributed by atoms with Crippen LogP contribution in [-0.4, -0.2) is 30.4 Å². The van der Waals surface area contributed by atoms with E-state index in [9.17, 15) is 13.6 Å². The van der Waals surface area contributed by atoms with Crippen LogP contribution in [0.5, 0.6) is 0 Å². The van der Waals surface area contributed by atoms with Crippen molar-refractivity contribution in [2.24, 2.45) is 0 Å². The molecule has 4 nitrogen and oxygen atoms in total. The van der Waals surface area contributed by atoms with Crippen molar-refractivity contribution in [3.05, 3.63) is 70.3 Å². The van der Waals surface area contributed by atoms with Crippen LogP contribution in [0.4, 0.5) is 13.6 Å². The molecule has 0 aromatic heterocycles. The summed E-state index contributed by atoms with van der Waals surface area (Å²) in [4.78, 5) is 17.8. The highest BCUT2D eigenvalue weighted by Crippen LogP contribution is 2.30. The maximum Gasteiger partial charge on any atom is 0.434 e. The minimum Gasteiger partial charge on any atom is -0.442 e. The van der Waals surface area contributed by atoms with E-state index in [2.05, 4.69) is 0 Å². The molecule has 0 radical (unpaired) electrons. The summed E-state index contributed by atoms with van der Waals surface area (Å²) >= 11 is 0. The van der Waals surface area contributed by atoms with Gasteiger partial charge in [-0.3, -0.25) is 4.84 Å². The Hall–Kier alpha value is -2.47. The van der Waals surface area contributed by atoms with Gasteiger partial charge in [0.25, 0.3) is 0 Å². The number of halogens is 2. The van der Waals surface area contributed by atoms with Crippen LogP contribution in [-0.2, 0) is 16.0 Å². The largest absolute Gasteiger partial charge is 0.442 e.